The number of aromatic nitrogens is 2. The van der Waals surface area contributed by atoms with Crippen molar-refractivity contribution >= 4 is 21.6 Å². The maximum atomic E-state index is 13.7. The molecule has 20 heavy (non-hydrogen) atoms. The summed E-state index contributed by atoms with van der Waals surface area (Å²) >= 11 is 3.24. The molecule has 5 heteroatoms. The number of anilines is 1. The van der Waals surface area contributed by atoms with E-state index in [-0.39, 0.29) is 5.82 Å². The van der Waals surface area contributed by atoms with Gasteiger partial charge in [0.1, 0.15) is 5.82 Å². The molecule has 3 nitrogen and oxygen atoms in total. The largest absolute Gasteiger partial charge is 0.377 e. The average Bonchev–Trinajstić information content (AvgIpc) is 2.88. The van der Waals surface area contributed by atoms with E-state index in [1.807, 2.05) is 23.0 Å². The molecule has 0 amide bonds. The van der Waals surface area contributed by atoms with Crippen LogP contribution in [0.4, 0.5) is 10.1 Å². The minimum absolute atomic E-state index is 0.265. The zero-order chi connectivity index (χ0) is 14.5. The van der Waals surface area contributed by atoms with Gasteiger partial charge < -0.3 is 5.32 Å². The minimum atomic E-state index is -0.265. The van der Waals surface area contributed by atoms with Crippen molar-refractivity contribution in [2.24, 2.45) is 0 Å². The van der Waals surface area contributed by atoms with Crippen molar-refractivity contribution in [1.29, 1.82) is 0 Å². The van der Waals surface area contributed by atoms with Crippen molar-refractivity contribution in [1.82, 2.24) is 9.78 Å². The zero-order valence-electron chi connectivity index (χ0n) is 11.7. The van der Waals surface area contributed by atoms with Crippen molar-refractivity contribution in [3.05, 3.63) is 46.4 Å². The summed E-state index contributed by atoms with van der Waals surface area (Å²) < 4.78 is 16.4. The summed E-state index contributed by atoms with van der Waals surface area (Å²) in [6.07, 6.45) is 4.12. The van der Waals surface area contributed by atoms with E-state index in [2.05, 4.69) is 40.2 Å². The molecule has 0 unspecified atom stereocenters. The smallest absolute Gasteiger partial charge is 0.147 e. The van der Waals surface area contributed by atoms with Crippen LogP contribution in [0.25, 0.3) is 0 Å². The molecule has 0 atom stereocenters. The first-order valence-electron chi connectivity index (χ1n) is 6.87. The molecule has 0 aliphatic carbocycles. The van der Waals surface area contributed by atoms with Crippen LogP contribution < -0.4 is 5.32 Å². The van der Waals surface area contributed by atoms with Crippen LogP contribution in [0.2, 0.25) is 0 Å². The Hall–Kier alpha value is -1.36. The van der Waals surface area contributed by atoms with Crippen LogP contribution in [0.5, 0.6) is 0 Å². The Balaban J connectivity index is 2.00. The molecule has 1 aromatic heterocycles. The van der Waals surface area contributed by atoms with Crippen LogP contribution in [0.15, 0.2) is 34.9 Å². The minimum Gasteiger partial charge on any atom is -0.377 e. The van der Waals surface area contributed by atoms with E-state index in [0.29, 0.717) is 18.3 Å². The van der Waals surface area contributed by atoms with Gasteiger partial charge in [-0.2, -0.15) is 5.10 Å². The Morgan fingerprint density at radius 3 is 2.70 bits per heavy atom. The number of hydrogen-bond donors (Lipinski definition) is 1. The molecule has 1 N–H and O–H groups in total. The molecule has 2 aromatic rings. The number of nitrogens with one attached hydrogen (secondary N) is 1. The molecule has 0 saturated heterocycles. The van der Waals surface area contributed by atoms with Gasteiger partial charge in [-0.3, -0.25) is 4.68 Å². The second kappa shape index (κ2) is 6.88. The first-order chi connectivity index (χ1) is 9.63. The zero-order valence-corrected chi connectivity index (χ0v) is 13.3. The number of nitrogens with zero attached hydrogens (tertiary/aromatic N) is 2. The van der Waals surface area contributed by atoms with Crippen LogP contribution in [-0.4, -0.2) is 9.78 Å². The Bertz CT molecular complexity index is 564. The highest BCUT2D eigenvalue weighted by molar-refractivity contribution is 9.10. The summed E-state index contributed by atoms with van der Waals surface area (Å²) in [6.45, 7) is 4.83. The van der Waals surface area contributed by atoms with Gasteiger partial charge >= 0.3 is 0 Å². The van der Waals surface area contributed by atoms with Gasteiger partial charge in [0.15, 0.2) is 0 Å². The van der Waals surface area contributed by atoms with E-state index in [4.69, 9.17) is 0 Å². The lowest BCUT2D eigenvalue weighted by Gasteiger charge is -2.12. The molecule has 1 aromatic carbocycles. The fourth-order valence-corrected chi connectivity index (χ4v) is 2.49. The van der Waals surface area contributed by atoms with Gasteiger partial charge in [-0.15, -0.1) is 0 Å². The highest BCUT2D eigenvalue weighted by Crippen LogP contribution is 2.20. The molecule has 2 rings (SSSR count). The molecule has 108 valence electrons. The van der Waals surface area contributed by atoms with Crippen LogP contribution >= 0.6 is 15.9 Å². The fourth-order valence-electron chi connectivity index (χ4n) is 2.16. The monoisotopic (exact) mass is 339 g/mol. The standard InChI is InChI=1S/C15H19BrFN3/c1-3-13(4-2)20-8-7-12(19-20)10-18-15-6-5-11(16)9-14(15)17/h5-9,13,18H,3-4,10H2,1-2H3. The third-order valence-electron chi connectivity index (χ3n) is 3.37. The molecular weight excluding hydrogens is 321 g/mol. The van der Waals surface area contributed by atoms with Gasteiger partial charge in [-0.25, -0.2) is 4.39 Å². The second-order valence-electron chi connectivity index (χ2n) is 4.74. The predicted molar refractivity (Wildman–Crippen MR) is 83.3 cm³/mol. The SMILES string of the molecule is CCC(CC)n1ccc(CNc2ccc(Br)cc2F)n1. The highest BCUT2D eigenvalue weighted by atomic mass is 79.9. The molecular formula is C15H19BrFN3. The summed E-state index contributed by atoms with van der Waals surface area (Å²) in [5.41, 5.74) is 1.41. The Morgan fingerprint density at radius 2 is 2.05 bits per heavy atom. The fraction of sp³-hybridized carbons (Fsp3) is 0.400. The topological polar surface area (TPSA) is 29.9 Å². The maximum Gasteiger partial charge on any atom is 0.147 e. The Kier molecular flexibility index (Phi) is 5.17. The number of rotatable bonds is 6. The van der Waals surface area contributed by atoms with Crippen molar-refractivity contribution in [2.75, 3.05) is 5.32 Å². The molecule has 0 spiro atoms. The van der Waals surface area contributed by atoms with Crippen molar-refractivity contribution in [3.63, 3.8) is 0 Å². The van der Waals surface area contributed by atoms with Gasteiger partial charge in [0.05, 0.1) is 24.0 Å². The average molecular weight is 340 g/mol. The number of hydrogen-bond acceptors (Lipinski definition) is 2. The molecule has 0 aliphatic rings. The third-order valence-corrected chi connectivity index (χ3v) is 3.86. The van der Waals surface area contributed by atoms with E-state index in [1.54, 1.807) is 6.07 Å². The lowest BCUT2D eigenvalue weighted by atomic mass is 10.2. The molecule has 0 bridgehead atoms. The van der Waals surface area contributed by atoms with E-state index < -0.39 is 0 Å². The van der Waals surface area contributed by atoms with Crippen LogP contribution in [-0.2, 0) is 6.54 Å². The molecule has 0 fully saturated rings. The second-order valence-corrected chi connectivity index (χ2v) is 5.65. The van der Waals surface area contributed by atoms with E-state index in [9.17, 15) is 4.39 Å². The van der Waals surface area contributed by atoms with Gasteiger partial charge in [0, 0.05) is 10.7 Å². The van der Waals surface area contributed by atoms with Crippen LogP contribution in [0.1, 0.15) is 38.4 Å². The Morgan fingerprint density at radius 1 is 1.30 bits per heavy atom. The van der Waals surface area contributed by atoms with Crippen LogP contribution in [0, 0.1) is 5.82 Å². The molecule has 0 aliphatic heterocycles. The summed E-state index contributed by atoms with van der Waals surface area (Å²) in [4.78, 5) is 0. The summed E-state index contributed by atoms with van der Waals surface area (Å²) in [7, 11) is 0. The van der Waals surface area contributed by atoms with E-state index in [0.717, 1.165) is 23.0 Å². The van der Waals surface area contributed by atoms with Gasteiger partial charge in [0.2, 0.25) is 0 Å². The van der Waals surface area contributed by atoms with Crippen molar-refractivity contribution in [2.45, 2.75) is 39.3 Å². The van der Waals surface area contributed by atoms with Gasteiger partial charge in [-0.1, -0.05) is 29.8 Å². The van der Waals surface area contributed by atoms with E-state index in [1.165, 1.54) is 6.07 Å². The normalized spacial score (nSPS) is 11.1. The van der Waals surface area contributed by atoms with Crippen molar-refractivity contribution < 1.29 is 4.39 Å². The summed E-state index contributed by atoms with van der Waals surface area (Å²) in [5.74, 6) is -0.265. The quantitative estimate of drug-likeness (QED) is 0.822. The van der Waals surface area contributed by atoms with Crippen LogP contribution in [0.3, 0.4) is 0 Å². The molecule has 1 heterocycles. The first kappa shape index (κ1) is 15.0. The van der Waals surface area contributed by atoms with Crippen molar-refractivity contribution in [3.8, 4) is 0 Å². The van der Waals surface area contributed by atoms with Gasteiger partial charge in [0.25, 0.3) is 0 Å². The highest BCUT2D eigenvalue weighted by Gasteiger charge is 2.08. The third kappa shape index (κ3) is 3.60. The lowest BCUT2D eigenvalue weighted by molar-refractivity contribution is 0.426. The summed E-state index contributed by atoms with van der Waals surface area (Å²) in [6, 6.07) is 7.40. The van der Waals surface area contributed by atoms with E-state index >= 15 is 0 Å². The lowest BCUT2D eigenvalue weighted by Crippen LogP contribution is -2.09. The number of benzene rings is 1. The molecule has 0 saturated carbocycles. The number of halogens is 2. The summed E-state index contributed by atoms with van der Waals surface area (Å²) in [5, 5.41) is 7.61. The first-order valence-corrected chi connectivity index (χ1v) is 7.66. The van der Waals surface area contributed by atoms with Gasteiger partial charge in [-0.05, 0) is 37.1 Å². The predicted octanol–water partition coefficient (Wildman–Crippen LogP) is 4.76. The Labute approximate surface area is 127 Å². The maximum absolute atomic E-state index is 13.7. The molecule has 0 radical (unpaired) electrons.